The van der Waals surface area contributed by atoms with Gasteiger partial charge in [0.2, 0.25) is 10.0 Å². The van der Waals surface area contributed by atoms with Gasteiger partial charge in [-0.2, -0.15) is 4.31 Å². The number of hydrogen-bond donors (Lipinski definition) is 0. The molecule has 3 heterocycles. The van der Waals surface area contributed by atoms with Gasteiger partial charge in [0.1, 0.15) is 5.01 Å². The van der Waals surface area contributed by atoms with Gasteiger partial charge in [-0.15, -0.1) is 11.3 Å². The molecule has 8 heteroatoms. The van der Waals surface area contributed by atoms with Gasteiger partial charge < -0.3 is 4.74 Å². The SMILES string of the molecule is CS(=O)(=O)N1CCc2c(COCc3nccs3)cncc2C1. The van der Waals surface area contributed by atoms with Crippen molar-refractivity contribution in [2.75, 3.05) is 12.8 Å². The highest BCUT2D eigenvalue weighted by atomic mass is 32.2. The van der Waals surface area contributed by atoms with E-state index in [1.807, 2.05) is 5.38 Å². The van der Waals surface area contributed by atoms with Gasteiger partial charge in [0.25, 0.3) is 0 Å². The second-order valence-electron chi connectivity index (χ2n) is 5.20. The van der Waals surface area contributed by atoms with Gasteiger partial charge in [-0.05, 0) is 23.1 Å². The van der Waals surface area contributed by atoms with E-state index < -0.39 is 10.0 Å². The van der Waals surface area contributed by atoms with Gasteiger partial charge in [-0.1, -0.05) is 0 Å². The Kier molecular flexibility index (Phi) is 4.53. The Morgan fingerprint density at radius 2 is 2.23 bits per heavy atom. The molecule has 0 aliphatic carbocycles. The minimum absolute atomic E-state index is 0.390. The smallest absolute Gasteiger partial charge is 0.211 e. The molecule has 0 aromatic carbocycles. The molecule has 0 amide bonds. The van der Waals surface area contributed by atoms with E-state index in [0.717, 1.165) is 21.7 Å². The number of ether oxygens (including phenoxy) is 1. The summed E-state index contributed by atoms with van der Waals surface area (Å²) >= 11 is 1.56. The Balaban J connectivity index is 1.70. The maximum absolute atomic E-state index is 11.7. The average Bonchev–Trinajstić information content (AvgIpc) is 2.99. The fourth-order valence-electron chi connectivity index (χ4n) is 2.52. The zero-order valence-electron chi connectivity index (χ0n) is 12.2. The van der Waals surface area contributed by atoms with E-state index in [0.29, 0.717) is 32.7 Å². The third-order valence-electron chi connectivity index (χ3n) is 3.63. The predicted octanol–water partition coefficient (Wildman–Crippen LogP) is 1.57. The van der Waals surface area contributed by atoms with Crippen LogP contribution in [-0.4, -0.2) is 35.5 Å². The highest BCUT2D eigenvalue weighted by Gasteiger charge is 2.24. The van der Waals surface area contributed by atoms with Crippen LogP contribution in [0.1, 0.15) is 21.7 Å². The first-order valence-corrected chi connectivity index (χ1v) is 9.62. The van der Waals surface area contributed by atoms with Gasteiger partial charge in [-0.3, -0.25) is 4.98 Å². The van der Waals surface area contributed by atoms with Crippen molar-refractivity contribution in [1.29, 1.82) is 0 Å². The van der Waals surface area contributed by atoms with Crippen molar-refractivity contribution in [2.24, 2.45) is 0 Å². The lowest BCUT2D eigenvalue weighted by atomic mass is 9.99. The molecule has 22 heavy (non-hydrogen) atoms. The van der Waals surface area contributed by atoms with Crippen molar-refractivity contribution < 1.29 is 13.2 Å². The summed E-state index contributed by atoms with van der Waals surface area (Å²) in [5.74, 6) is 0. The average molecular weight is 339 g/mol. The van der Waals surface area contributed by atoms with Crippen molar-refractivity contribution in [3.8, 4) is 0 Å². The highest BCUT2D eigenvalue weighted by molar-refractivity contribution is 7.88. The van der Waals surface area contributed by atoms with Gasteiger partial charge in [-0.25, -0.2) is 13.4 Å². The summed E-state index contributed by atoms with van der Waals surface area (Å²) in [4.78, 5) is 8.39. The molecule has 1 aliphatic rings. The molecule has 0 radical (unpaired) electrons. The number of rotatable bonds is 5. The zero-order valence-corrected chi connectivity index (χ0v) is 13.9. The van der Waals surface area contributed by atoms with Gasteiger partial charge in [0, 0.05) is 37.1 Å². The Labute approximate surface area is 133 Å². The third kappa shape index (κ3) is 3.52. The lowest BCUT2D eigenvalue weighted by Crippen LogP contribution is -2.35. The predicted molar refractivity (Wildman–Crippen MR) is 83.8 cm³/mol. The molecule has 0 spiro atoms. The Bertz CT molecular complexity index is 745. The summed E-state index contributed by atoms with van der Waals surface area (Å²) in [7, 11) is -3.16. The Morgan fingerprint density at radius 1 is 1.36 bits per heavy atom. The van der Waals surface area contributed by atoms with E-state index in [1.165, 1.54) is 10.6 Å². The third-order valence-corrected chi connectivity index (χ3v) is 5.63. The molecule has 0 unspecified atom stereocenters. The molecule has 3 rings (SSSR count). The normalized spacial score (nSPS) is 15.7. The standard InChI is InChI=1S/C14H17N3O3S2/c1-22(18,19)17-4-2-13-11(8-17)6-15-7-12(13)9-20-10-14-16-3-5-21-14/h3,5-7H,2,4,8-10H2,1H3. The van der Waals surface area contributed by atoms with Crippen molar-refractivity contribution in [3.63, 3.8) is 0 Å². The van der Waals surface area contributed by atoms with Crippen LogP contribution < -0.4 is 0 Å². The monoisotopic (exact) mass is 339 g/mol. The van der Waals surface area contributed by atoms with Gasteiger partial charge in [0.15, 0.2) is 0 Å². The van der Waals surface area contributed by atoms with Crippen LogP contribution in [0.2, 0.25) is 0 Å². The minimum Gasteiger partial charge on any atom is -0.370 e. The first-order valence-electron chi connectivity index (χ1n) is 6.90. The molecule has 6 nitrogen and oxygen atoms in total. The van der Waals surface area contributed by atoms with E-state index in [2.05, 4.69) is 9.97 Å². The Hall–Kier alpha value is -1.35. The van der Waals surface area contributed by atoms with Crippen molar-refractivity contribution in [1.82, 2.24) is 14.3 Å². The quantitative estimate of drug-likeness (QED) is 0.827. The van der Waals surface area contributed by atoms with Crippen LogP contribution in [-0.2, 0) is 40.9 Å². The lowest BCUT2D eigenvalue weighted by molar-refractivity contribution is 0.106. The maximum Gasteiger partial charge on any atom is 0.211 e. The summed E-state index contributed by atoms with van der Waals surface area (Å²) in [6.45, 7) is 1.85. The molecule has 0 N–H and O–H groups in total. The molecule has 118 valence electrons. The van der Waals surface area contributed by atoms with Crippen LogP contribution in [0, 0.1) is 0 Å². The van der Waals surface area contributed by atoms with Crippen LogP contribution in [0.3, 0.4) is 0 Å². The van der Waals surface area contributed by atoms with E-state index >= 15 is 0 Å². The van der Waals surface area contributed by atoms with E-state index in [1.54, 1.807) is 29.9 Å². The van der Waals surface area contributed by atoms with Crippen LogP contribution in [0.4, 0.5) is 0 Å². The van der Waals surface area contributed by atoms with E-state index in [9.17, 15) is 8.42 Å². The molecular formula is C14H17N3O3S2. The van der Waals surface area contributed by atoms with Crippen LogP contribution in [0.25, 0.3) is 0 Å². The molecular weight excluding hydrogens is 322 g/mol. The lowest BCUT2D eigenvalue weighted by Gasteiger charge is -2.27. The second kappa shape index (κ2) is 6.41. The van der Waals surface area contributed by atoms with Crippen LogP contribution >= 0.6 is 11.3 Å². The number of aromatic nitrogens is 2. The maximum atomic E-state index is 11.7. The Morgan fingerprint density at radius 3 is 2.95 bits per heavy atom. The molecule has 0 bridgehead atoms. The molecule has 0 fully saturated rings. The summed E-state index contributed by atoms with van der Waals surface area (Å²) in [6, 6.07) is 0. The van der Waals surface area contributed by atoms with Gasteiger partial charge >= 0.3 is 0 Å². The molecule has 1 aliphatic heterocycles. The molecule has 0 atom stereocenters. The van der Waals surface area contributed by atoms with E-state index in [-0.39, 0.29) is 0 Å². The van der Waals surface area contributed by atoms with Crippen molar-refractivity contribution >= 4 is 21.4 Å². The molecule has 0 saturated heterocycles. The number of fused-ring (bicyclic) bond motifs is 1. The number of sulfonamides is 1. The summed E-state index contributed by atoms with van der Waals surface area (Å²) < 4.78 is 30.5. The second-order valence-corrected chi connectivity index (χ2v) is 8.16. The first kappa shape index (κ1) is 15.5. The zero-order chi connectivity index (χ0) is 15.6. The fourth-order valence-corrected chi connectivity index (χ4v) is 3.87. The van der Waals surface area contributed by atoms with Crippen molar-refractivity contribution in [3.05, 3.63) is 45.7 Å². The molecule has 2 aromatic rings. The van der Waals surface area contributed by atoms with Gasteiger partial charge in [0.05, 0.1) is 19.5 Å². The number of pyridine rings is 1. The minimum atomic E-state index is -3.16. The number of hydrogen-bond acceptors (Lipinski definition) is 6. The van der Waals surface area contributed by atoms with Crippen molar-refractivity contribution in [2.45, 2.75) is 26.2 Å². The summed E-state index contributed by atoms with van der Waals surface area (Å²) in [5.41, 5.74) is 3.16. The fraction of sp³-hybridized carbons (Fsp3) is 0.429. The summed E-state index contributed by atoms with van der Waals surface area (Å²) in [6.07, 6.45) is 7.25. The number of nitrogens with zero attached hydrogens (tertiary/aromatic N) is 3. The molecule has 2 aromatic heterocycles. The first-order chi connectivity index (χ1) is 10.5. The van der Waals surface area contributed by atoms with Crippen LogP contribution in [0.15, 0.2) is 24.0 Å². The topological polar surface area (TPSA) is 72.4 Å². The highest BCUT2D eigenvalue weighted by Crippen LogP contribution is 2.23. The summed E-state index contributed by atoms with van der Waals surface area (Å²) in [5, 5.41) is 2.87. The number of thiazole rings is 1. The molecule has 0 saturated carbocycles. The van der Waals surface area contributed by atoms with Crippen LogP contribution in [0.5, 0.6) is 0 Å². The largest absolute Gasteiger partial charge is 0.370 e. The van der Waals surface area contributed by atoms with E-state index in [4.69, 9.17) is 4.74 Å².